The minimum absolute atomic E-state index is 0.104. The number of likely N-dealkylation sites (tertiary alicyclic amines) is 1. The van der Waals surface area contributed by atoms with Crippen molar-refractivity contribution in [2.45, 2.75) is 91.1 Å². The number of unbranched alkanes of at least 4 members (excludes halogenated alkanes) is 3. The first kappa shape index (κ1) is 52.1. The maximum Gasteiger partial charge on any atom is 0.255 e. The zero-order valence-corrected chi connectivity index (χ0v) is 40.8. The summed E-state index contributed by atoms with van der Waals surface area (Å²) in [6.45, 7) is 12.6. The largest absolute Gasteiger partial charge is 0.748 e. The number of carbonyl (C=O) groups is 6. The lowest BCUT2D eigenvalue weighted by Crippen LogP contribution is -2.52. The Hall–Kier alpha value is -6.24. The van der Waals surface area contributed by atoms with Crippen LogP contribution in [0, 0.1) is 0 Å². The second kappa shape index (κ2) is 24.4. The molecule has 0 saturated carbocycles. The molecule has 2 N–H and O–H groups in total. The molecule has 0 aromatic heterocycles. The molecule has 17 nitrogen and oxygen atoms in total. The van der Waals surface area contributed by atoms with Crippen molar-refractivity contribution < 1.29 is 50.9 Å². The van der Waals surface area contributed by atoms with Crippen LogP contribution in [0.3, 0.4) is 0 Å². The Morgan fingerprint density at radius 3 is 2.29 bits per heavy atom. The van der Waals surface area contributed by atoms with E-state index < -0.39 is 45.6 Å². The molecule has 18 heteroatoms. The first-order chi connectivity index (χ1) is 33.2. The van der Waals surface area contributed by atoms with Crippen LogP contribution in [0.25, 0.3) is 33.4 Å². The van der Waals surface area contributed by atoms with Crippen LogP contribution >= 0.6 is 0 Å². The number of ketones is 1. The summed E-state index contributed by atoms with van der Waals surface area (Å²) >= 11 is 0. The van der Waals surface area contributed by atoms with E-state index in [1.165, 1.54) is 17.1 Å². The van der Waals surface area contributed by atoms with Crippen LogP contribution in [0.1, 0.15) is 89.4 Å². The van der Waals surface area contributed by atoms with Gasteiger partial charge < -0.3 is 34.1 Å². The number of imide groups is 1. The minimum Gasteiger partial charge on any atom is -0.748 e. The number of amides is 5. The monoisotopic (exact) mass is 968 g/mol. The van der Waals surface area contributed by atoms with E-state index >= 15 is 0 Å². The molecule has 2 aromatic rings. The molecule has 1 saturated heterocycles. The summed E-state index contributed by atoms with van der Waals surface area (Å²) in [5.41, 5.74) is 4.25. The number of hydrogen-bond donors (Lipinski definition) is 2. The van der Waals surface area contributed by atoms with Crippen molar-refractivity contribution in [3.63, 3.8) is 0 Å². The van der Waals surface area contributed by atoms with Crippen molar-refractivity contribution in [3.8, 4) is 22.5 Å². The Kier molecular flexibility index (Phi) is 18.4. The highest BCUT2D eigenvalue weighted by molar-refractivity contribution is 7.85. The van der Waals surface area contributed by atoms with Crippen LogP contribution in [0.15, 0.2) is 77.2 Å². The van der Waals surface area contributed by atoms with Gasteiger partial charge in [-0.15, -0.1) is 0 Å². The minimum atomic E-state index is -4.94. The van der Waals surface area contributed by atoms with E-state index in [0.717, 1.165) is 58.6 Å². The standard InChI is InChI=1S/C51H64N6O11S/c1-5-54(6-2)35-21-23-39-44(32-35)68-45-33-36(55(7-3)8-4)22-24-40(45)49(39)37-16-13-14-17-38(37)51(63)56-28-15-18-42(56)50(62)53-41(34-69(64,65)66)43(58)19-11-9-10-12-20-46(59)52-27-30-67-31-29-57-47(60)25-26-48(57)61/h13-14,16-17,21-26,32-33,41-42H,5-12,15,18-20,27-31,34H2,1-4H3,(H2-,52,53,59,62,64,65,66). The van der Waals surface area contributed by atoms with E-state index in [2.05, 4.69) is 47.8 Å². The zero-order chi connectivity index (χ0) is 49.7. The summed E-state index contributed by atoms with van der Waals surface area (Å²) in [7, 11) is -4.94. The topological polar surface area (TPSA) is 219 Å². The molecule has 6 rings (SSSR count). The fourth-order valence-electron chi connectivity index (χ4n) is 9.11. The number of carbonyl (C=O) groups excluding carboxylic acids is 6. The van der Waals surface area contributed by atoms with Gasteiger partial charge in [-0.3, -0.25) is 33.7 Å². The Labute approximate surface area is 403 Å². The fraction of sp³-hybridized carbons (Fsp3) is 0.471. The van der Waals surface area contributed by atoms with Crippen LogP contribution in [-0.2, 0) is 38.8 Å². The molecule has 0 spiro atoms. The van der Waals surface area contributed by atoms with Gasteiger partial charge in [-0.2, -0.15) is 0 Å². The lowest BCUT2D eigenvalue weighted by atomic mass is 9.90. The lowest BCUT2D eigenvalue weighted by Gasteiger charge is -2.28. The summed E-state index contributed by atoms with van der Waals surface area (Å²) in [5, 5.41) is 7.07. The smallest absolute Gasteiger partial charge is 0.255 e. The van der Waals surface area contributed by atoms with E-state index in [-0.39, 0.29) is 69.8 Å². The first-order valence-electron chi connectivity index (χ1n) is 24.1. The third-order valence-electron chi connectivity index (χ3n) is 12.8. The van der Waals surface area contributed by atoms with Crippen LogP contribution in [0.4, 0.5) is 5.69 Å². The third kappa shape index (κ3) is 13.3. The summed E-state index contributed by atoms with van der Waals surface area (Å²) in [5.74, 6) is -3.18. The summed E-state index contributed by atoms with van der Waals surface area (Å²) in [6, 6.07) is 16.8. The molecule has 3 aliphatic heterocycles. The first-order valence-corrected chi connectivity index (χ1v) is 25.6. The normalized spacial score (nSPS) is 15.3. The summed E-state index contributed by atoms with van der Waals surface area (Å²) in [6.07, 6.45) is 5.28. The maximum absolute atomic E-state index is 14.8. The van der Waals surface area contributed by atoms with Gasteiger partial charge in [-0.25, -0.2) is 13.0 Å². The van der Waals surface area contributed by atoms with Gasteiger partial charge in [0.15, 0.2) is 5.78 Å². The number of Topliss-reactive ketones (excluding diaryl/α,β-unsaturated/α-hetero) is 1. The van der Waals surface area contributed by atoms with E-state index in [1.807, 2.05) is 48.5 Å². The number of anilines is 1. The van der Waals surface area contributed by atoms with E-state index in [1.54, 1.807) is 12.1 Å². The average Bonchev–Trinajstić information content (AvgIpc) is 3.96. The summed E-state index contributed by atoms with van der Waals surface area (Å²) < 4.78 is 50.3. The van der Waals surface area contributed by atoms with Gasteiger partial charge in [0.1, 0.15) is 36.5 Å². The van der Waals surface area contributed by atoms with Gasteiger partial charge in [0.2, 0.25) is 17.2 Å². The predicted octanol–water partition coefficient (Wildman–Crippen LogP) is 4.46. The Morgan fingerprint density at radius 1 is 0.884 bits per heavy atom. The molecular weight excluding hydrogens is 905 g/mol. The van der Waals surface area contributed by atoms with Crippen LogP contribution in [0.5, 0.6) is 0 Å². The molecule has 2 unspecified atom stereocenters. The number of rotatable bonds is 25. The molecule has 4 aliphatic rings. The number of hydrogen-bond acceptors (Lipinski definition) is 12. The third-order valence-corrected chi connectivity index (χ3v) is 13.5. The summed E-state index contributed by atoms with van der Waals surface area (Å²) in [4.78, 5) is 82.4. The van der Waals surface area contributed by atoms with E-state index in [4.69, 9.17) is 9.15 Å². The van der Waals surface area contributed by atoms with Crippen molar-refractivity contribution in [2.75, 3.05) is 69.7 Å². The molecule has 0 bridgehead atoms. The highest BCUT2D eigenvalue weighted by atomic mass is 32.2. The average molecular weight is 969 g/mol. The number of nitrogens with zero attached hydrogens (tertiary/aromatic N) is 4. The highest BCUT2D eigenvalue weighted by Gasteiger charge is 2.38. The van der Waals surface area contributed by atoms with Gasteiger partial charge in [0.05, 0.1) is 41.7 Å². The van der Waals surface area contributed by atoms with E-state index in [9.17, 15) is 41.7 Å². The fourth-order valence-corrected chi connectivity index (χ4v) is 9.79. The molecule has 2 aromatic carbocycles. The number of benzene rings is 3. The van der Waals surface area contributed by atoms with Crippen molar-refractivity contribution in [3.05, 3.63) is 83.7 Å². The van der Waals surface area contributed by atoms with Crippen molar-refractivity contribution in [2.24, 2.45) is 0 Å². The second-order valence-corrected chi connectivity index (χ2v) is 18.6. The second-order valence-electron chi connectivity index (χ2n) is 17.2. The van der Waals surface area contributed by atoms with Crippen molar-refractivity contribution >= 4 is 62.1 Å². The molecule has 3 heterocycles. The molecule has 370 valence electrons. The van der Waals surface area contributed by atoms with Gasteiger partial charge in [0.25, 0.3) is 17.7 Å². The zero-order valence-electron chi connectivity index (χ0n) is 40.0. The van der Waals surface area contributed by atoms with Crippen LogP contribution in [0.2, 0.25) is 0 Å². The van der Waals surface area contributed by atoms with Crippen molar-refractivity contribution in [1.29, 1.82) is 0 Å². The molecule has 69 heavy (non-hydrogen) atoms. The lowest BCUT2D eigenvalue weighted by molar-refractivity contribution is -0.137. The molecule has 1 fully saturated rings. The molecule has 2 atom stereocenters. The van der Waals surface area contributed by atoms with Crippen LogP contribution in [-0.4, -0.2) is 135 Å². The molecule has 0 radical (unpaired) electrons. The van der Waals surface area contributed by atoms with Gasteiger partial charge in [-0.05, 0) is 83.2 Å². The van der Waals surface area contributed by atoms with Crippen molar-refractivity contribution in [1.82, 2.24) is 25.0 Å². The number of ether oxygens (including phenoxy) is 1. The van der Waals surface area contributed by atoms with Crippen LogP contribution < -0.4 is 25.5 Å². The highest BCUT2D eigenvalue weighted by Crippen LogP contribution is 2.42. The Balaban J connectivity index is 1.10. The number of nitrogens with one attached hydrogen (secondary N) is 2. The maximum atomic E-state index is 14.8. The quantitative estimate of drug-likeness (QED) is 0.0309. The Bertz CT molecular complexity index is 2690. The molecule has 5 amide bonds. The van der Waals surface area contributed by atoms with E-state index in [0.29, 0.717) is 54.6 Å². The molecule has 1 aliphatic carbocycles. The van der Waals surface area contributed by atoms with Gasteiger partial charge >= 0.3 is 0 Å². The van der Waals surface area contributed by atoms with Gasteiger partial charge in [-0.1, -0.05) is 31.0 Å². The number of fused-ring (bicyclic) bond motifs is 2. The Morgan fingerprint density at radius 2 is 1.59 bits per heavy atom. The molecular formula is C51H64N6O11S. The SMILES string of the molecule is CCN(CC)c1ccc2c(-c3ccccc3C(=O)N3CCCC3C(=O)NC(CS(=O)(=O)[O-])C(=O)CCCCCCC(=O)NCCOCCN3C(=O)C=CC3=O)c3ccc(=[N+](CC)CC)cc-3oc2c1. The van der Waals surface area contributed by atoms with Gasteiger partial charge in [0, 0.05) is 91.1 Å². The predicted molar refractivity (Wildman–Crippen MR) is 261 cm³/mol.